The maximum Gasteiger partial charge on any atom is 0.407 e. The lowest BCUT2D eigenvalue weighted by Gasteiger charge is -2.22. The standard InChI is InChI=1S/C26H28N2O5/c1-3-9-17(15-24(29)30)27-25(31)23(10-4-2)28-26(32)33-16-22-20-13-7-5-11-18(20)19-12-6-8-14-21(19)22/h2,5-8,11-14,17,22-23H,3,9-10,15-16H2,1H3,(H,27,31)(H,28,32)(H,29,30)/t17-,23?/m0/s1. The molecule has 2 amide bonds. The molecular weight excluding hydrogens is 420 g/mol. The van der Waals surface area contributed by atoms with Gasteiger partial charge in [-0.1, -0.05) is 61.9 Å². The Kier molecular flexibility index (Phi) is 8.09. The largest absolute Gasteiger partial charge is 0.481 e. The van der Waals surface area contributed by atoms with Crippen LogP contribution < -0.4 is 10.6 Å². The van der Waals surface area contributed by atoms with Gasteiger partial charge >= 0.3 is 12.1 Å². The van der Waals surface area contributed by atoms with Crippen molar-refractivity contribution in [3.63, 3.8) is 0 Å². The number of carbonyl (C=O) groups excluding carboxylic acids is 2. The first kappa shape index (κ1) is 23.9. The second kappa shape index (κ2) is 11.2. The number of fused-ring (bicyclic) bond motifs is 3. The number of carboxylic acids is 1. The topological polar surface area (TPSA) is 105 Å². The van der Waals surface area contributed by atoms with Crippen molar-refractivity contribution in [3.05, 3.63) is 59.7 Å². The molecule has 1 aliphatic carbocycles. The fraction of sp³-hybridized carbons (Fsp3) is 0.346. The van der Waals surface area contributed by atoms with Crippen LogP contribution in [0.3, 0.4) is 0 Å². The van der Waals surface area contributed by atoms with Crippen molar-refractivity contribution >= 4 is 18.0 Å². The molecule has 0 saturated heterocycles. The smallest absolute Gasteiger partial charge is 0.407 e. The molecule has 0 heterocycles. The molecule has 2 aromatic carbocycles. The quantitative estimate of drug-likeness (QED) is 0.481. The maximum atomic E-state index is 12.7. The molecule has 3 N–H and O–H groups in total. The van der Waals surface area contributed by atoms with E-state index in [1.165, 1.54) is 0 Å². The first-order valence-corrected chi connectivity index (χ1v) is 11.0. The summed E-state index contributed by atoms with van der Waals surface area (Å²) in [5.41, 5.74) is 4.40. The zero-order chi connectivity index (χ0) is 23.8. The van der Waals surface area contributed by atoms with Crippen molar-refractivity contribution in [1.29, 1.82) is 0 Å². The highest BCUT2D eigenvalue weighted by Crippen LogP contribution is 2.44. The van der Waals surface area contributed by atoms with Crippen molar-refractivity contribution < 1.29 is 24.2 Å². The predicted molar refractivity (Wildman–Crippen MR) is 125 cm³/mol. The van der Waals surface area contributed by atoms with Gasteiger partial charge in [0.05, 0.1) is 6.42 Å². The summed E-state index contributed by atoms with van der Waals surface area (Å²) >= 11 is 0. The zero-order valence-electron chi connectivity index (χ0n) is 18.5. The maximum absolute atomic E-state index is 12.7. The molecule has 0 spiro atoms. The molecule has 0 aliphatic heterocycles. The molecule has 2 atom stereocenters. The molecule has 0 saturated carbocycles. The second-order valence-electron chi connectivity index (χ2n) is 8.02. The second-order valence-corrected chi connectivity index (χ2v) is 8.02. The number of terminal acetylenes is 1. The fourth-order valence-electron chi connectivity index (χ4n) is 4.20. The van der Waals surface area contributed by atoms with Crippen molar-refractivity contribution in [1.82, 2.24) is 10.6 Å². The monoisotopic (exact) mass is 448 g/mol. The SMILES string of the molecule is C#CCC(NC(=O)OCC1c2ccccc2-c2ccccc21)C(=O)N[C@@H](CCC)CC(=O)O. The van der Waals surface area contributed by atoms with Crippen LogP contribution in [0.15, 0.2) is 48.5 Å². The number of aliphatic carboxylic acids is 1. The van der Waals surface area contributed by atoms with Crippen LogP contribution in [-0.2, 0) is 14.3 Å². The third-order valence-corrected chi connectivity index (χ3v) is 5.68. The van der Waals surface area contributed by atoms with Gasteiger partial charge in [-0.05, 0) is 28.7 Å². The number of carbonyl (C=O) groups is 3. The first-order chi connectivity index (χ1) is 15.9. The van der Waals surface area contributed by atoms with Crippen LogP contribution >= 0.6 is 0 Å². The lowest BCUT2D eigenvalue weighted by molar-refractivity contribution is -0.137. The summed E-state index contributed by atoms with van der Waals surface area (Å²) < 4.78 is 5.49. The van der Waals surface area contributed by atoms with Crippen molar-refractivity contribution in [2.24, 2.45) is 0 Å². The predicted octanol–water partition coefficient (Wildman–Crippen LogP) is 3.68. The molecule has 33 heavy (non-hydrogen) atoms. The van der Waals surface area contributed by atoms with Gasteiger partial charge in [0.25, 0.3) is 0 Å². The minimum Gasteiger partial charge on any atom is -0.481 e. The van der Waals surface area contributed by atoms with Gasteiger partial charge in [-0.25, -0.2) is 4.79 Å². The van der Waals surface area contributed by atoms with E-state index in [4.69, 9.17) is 16.3 Å². The Bertz CT molecular complexity index is 1010. The molecule has 2 aromatic rings. The Morgan fingerprint density at radius 3 is 2.21 bits per heavy atom. The van der Waals surface area contributed by atoms with Gasteiger partial charge in [0.1, 0.15) is 12.6 Å². The molecule has 0 fully saturated rings. The zero-order valence-corrected chi connectivity index (χ0v) is 18.5. The molecule has 1 aliphatic rings. The van der Waals surface area contributed by atoms with Crippen LogP contribution in [0, 0.1) is 12.3 Å². The summed E-state index contributed by atoms with van der Waals surface area (Å²) in [5, 5.41) is 14.3. The van der Waals surface area contributed by atoms with Gasteiger partial charge in [0.2, 0.25) is 5.91 Å². The average Bonchev–Trinajstić information content (AvgIpc) is 3.11. The number of carboxylic acid groups (broad SMARTS) is 1. The summed E-state index contributed by atoms with van der Waals surface area (Å²) in [6.07, 6.45) is 5.60. The summed E-state index contributed by atoms with van der Waals surface area (Å²) in [6.45, 7) is 2.01. The van der Waals surface area contributed by atoms with E-state index in [1.807, 2.05) is 55.5 Å². The summed E-state index contributed by atoms with van der Waals surface area (Å²) in [7, 11) is 0. The molecular formula is C26H28N2O5. The molecule has 0 radical (unpaired) electrons. The molecule has 0 aromatic heterocycles. The number of amides is 2. The van der Waals surface area contributed by atoms with Crippen molar-refractivity contribution in [2.45, 2.75) is 50.6 Å². The lowest BCUT2D eigenvalue weighted by atomic mass is 9.98. The number of ether oxygens (including phenoxy) is 1. The van der Waals surface area contributed by atoms with Crippen LogP contribution in [0.25, 0.3) is 11.1 Å². The number of hydrogen-bond acceptors (Lipinski definition) is 4. The van der Waals surface area contributed by atoms with Crippen LogP contribution in [0.1, 0.15) is 49.7 Å². The Balaban J connectivity index is 1.63. The summed E-state index contributed by atoms with van der Waals surface area (Å²) in [5.74, 6) is 0.737. The van der Waals surface area contributed by atoms with E-state index in [0.29, 0.717) is 12.8 Å². The van der Waals surface area contributed by atoms with E-state index >= 15 is 0 Å². The van der Waals surface area contributed by atoms with Gasteiger partial charge in [-0.2, -0.15) is 0 Å². The Morgan fingerprint density at radius 2 is 1.67 bits per heavy atom. The van der Waals surface area contributed by atoms with E-state index in [2.05, 4.69) is 16.6 Å². The van der Waals surface area contributed by atoms with Crippen LogP contribution in [0.5, 0.6) is 0 Å². The van der Waals surface area contributed by atoms with Gasteiger partial charge in [0, 0.05) is 18.4 Å². The minimum absolute atomic E-state index is 0.0397. The molecule has 7 heteroatoms. The molecule has 0 bridgehead atoms. The van der Waals surface area contributed by atoms with E-state index in [9.17, 15) is 14.4 Å². The highest BCUT2D eigenvalue weighted by atomic mass is 16.5. The number of rotatable bonds is 10. The molecule has 1 unspecified atom stereocenters. The minimum atomic E-state index is -1.01. The van der Waals surface area contributed by atoms with E-state index in [0.717, 1.165) is 22.3 Å². The van der Waals surface area contributed by atoms with Crippen molar-refractivity contribution in [3.8, 4) is 23.5 Å². The van der Waals surface area contributed by atoms with Gasteiger partial charge in [-0.3, -0.25) is 9.59 Å². The average molecular weight is 449 g/mol. The highest BCUT2D eigenvalue weighted by molar-refractivity contribution is 5.86. The van der Waals surface area contributed by atoms with Crippen LogP contribution in [0.4, 0.5) is 4.79 Å². The van der Waals surface area contributed by atoms with Gasteiger partial charge in [-0.15, -0.1) is 12.3 Å². The Labute approximate surface area is 193 Å². The Hall–Kier alpha value is -3.79. The number of benzene rings is 2. The number of nitrogens with one attached hydrogen (secondary N) is 2. The third kappa shape index (κ3) is 5.92. The van der Waals surface area contributed by atoms with Crippen LogP contribution in [-0.4, -0.2) is 41.8 Å². The highest BCUT2D eigenvalue weighted by Gasteiger charge is 2.30. The fourth-order valence-corrected chi connectivity index (χ4v) is 4.20. The molecule has 3 rings (SSSR count). The molecule has 172 valence electrons. The molecule has 7 nitrogen and oxygen atoms in total. The van der Waals surface area contributed by atoms with E-state index < -0.39 is 30.1 Å². The first-order valence-electron chi connectivity index (χ1n) is 11.0. The number of hydrogen-bond donors (Lipinski definition) is 3. The Morgan fingerprint density at radius 1 is 1.06 bits per heavy atom. The third-order valence-electron chi connectivity index (χ3n) is 5.68. The van der Waals surface area contributed by atoms with Gasteiger partial charge < -0.3 is 20.5 Å². The van der Waals surface area contributed by atoms with E-state index in [1.54, 1.807) is 0 Å². The van der Waals surface area contributed by atoms with Crippen molar-refractivity contribution in [2.75, 3.05) is 6.61 Å². The lowest BCUT2D eigenvalue weighted by Crippen LogP contribution is -2.50. The summed E-state index contributed by atoms with van der Waals surface area (Å²) in [4.78, 5) is 36.2. The normalized spacial score (nSPS) is 13.7. The number of alkyl carbamates (subject to hydrolysis) is 1. The van der Waals surface area contributed by atoms with E-state index in [-0.39, 0.29) is 25.4 Å². The van der Waals surface area contributed by atoms with Crippen LogP contribution in [0.2, 0.25) is 0 Å². The van der Waals surface area contributed by atoms with Gasteiger partial charge in [0.15, 0.2) is 0 Å². The summed E-state index contributed by atoms with van der Waals surface area (Å²) in [6, 6.07) is 14.4.